The first-order valence-corrected chi connectivity index (χ1v) is 10.9. The van der Waals surface area contributed by atoms with Crippen LogP contribution in [0.5, 0.6) is 0 Å². The Bertz CT molecular complexity index is 969. The summed E-state index contributed by atoms with van der Waals surface area (Å²) in [5, 5.41) is 0. The molecule has 5 rings (SSSR count). The number of hydrogen-bond donors (Lipinski definition) is 0. The van der Waals surface area contributed by atoms with Gasteiger partial charge in [0, 0.05) is 17.2 Å². The van der Waals surface area contributed by atoms with Crippen LogP contribution in [0.25, 0.3) is 22.4 Å². The van der Waals surface area contributed by atoms with Gasteiger partial charge < -0.3 is 0 Å². The number of nitrogens with zero attached hydrogens (tertiary/aromatic N) is 1. The fourth-order valence-corrected chi connectivity index (χ4v) is 5.52. The van der Waals surface area contributed by atoms with Crippen molar-refractivity contribution in [3.8, 4) is 22.4 Å². The highest BCUT2D eigenvalue weighted by Crippen LogP contribution is 2.52. The zero-order chi connectivity index (χ0) is 19.0. The summed E-state index contributed by atoms with van der Waals surface area (Å²) in [5.41, 5.74) is 8.24. The number of hydrogen-bond acceptors (Lipinski definition) is 1. The summed E-state index contributed by atoms with van der Waals surface area (Å²) in [7, 11) is 0. The van der Waals surface area contributed by atoms with Crippen LogP contribution in [0.3, 0.4) is 0 Å². The molecule has 1 atom stereocenters. The van der Waals surface area contributed by atoms with Crippen molar-refractivity contribution in [2.45, 2.75) is 57.3 Å². The summed E-state index contributed by atoms with van der Waals surface area (Å²) in [6.07, 6.45) is 11.7. The Kier molecular flexibility index (Phi) is 4.55. The molecule has 0 aliphatic heterocycles. The summed E-state index contributed by atoms with van der Waals surface area (Å²) >= 11 is 0. The van der Waals surface area contributed by atoms with Crippen LogP contribution < -0.4 is 0 Å². The molecule has 1 aromatic heterocycles. The van der Waals surface area contributed by atoms with Gasteiger partial charge >= 0.3 is 0 Å². The number of aromatic nitrogens is 1. The minimum Gasteiger partial charge on any atom is -0.256 e. The van der Waals surface area contributed by atoms with Crippen molar-refractivity contribution in [2.24, 2.45) is 5.92 Å². The van der Waals surface area contributed by atoms with Crippen LogP contribution in [0.15, 0.2) is 66.9 Å². The van der Waals surface area contributed by atoms with Gasteiger partial charge in [-0.3, -0.25) is 4.98 Å². The van der Waals surface area contributed by atoms with E-state index in [-0.39, 0.29) is 5.41 Å². The average Bonchev–Trinajstić information content (AvgIpc) is 3.02. The van der Waals surface area contributed by atoms with Gasteiger partial charge in [0.2, 0.25) is 0 Å². The predicted octanol–water partition coefficient (Wildman–Crippen LogP) is 7.40. The lowest BCUT2D eigenvalue weighted by atomic mass is 9.73. The van der Waals surface area contributed by atoms with Gasteiger partial charge in [0.1, 0.15) is 0 Å². The maximum absolute atomic E-state index is 4.56. The van der Waals surface area contributed by atoms with E-state index in [1.165, 1.54) is 72.8 Å². The smallest absolute Gasteiger partial charge is 0.0702 e. The van der Waals surface area contributed by atoms with Crippen LogP contribution in [-0.4, -0.2) is 4.98 Å². The Balaban J connectivity index is 1.53. The Morgan fingerprint density at radius 2 is 1.64 bits per heavy atom. The maximum Gasteiger partial charge on any atom is 0.0702 e. The zero-order valence-corrected chi connectivity index (χ0v) is 16.8. The summed E-state index contributed by atoms with van der Waals surface area (Å²) in [6.45, 7) is 2.47. The van der Waals surface area contributed by atoms with Gasteiger partial charge in [-0.1, -0.05) is 81.5 Å². The second-order valence-electron chi connectivity index (χ2n) is 8.90. The molecule has 0 radical (unpaired) electrons. The lowest BCUT2D eigenvalue weighted by Gasteiger charge is -2.31. The largest absolute Gasteiger partial charge is 0.256 e. The van der Waals surface area contributed by atoms with E-state index in [0.717, 1.165) is 11.6 Å². The second-order valence-corrected chi connectivity index (χ2v) is 8.90. The van der Waals surface area contributed by atoms with Crippen molar-refractivity contribution in [3.05, 3.63) is 78.0 Å². The van der Waals surface area contributed by atoms with Crippen molar-refractivity contribution in [1.29, 1.82) is 0 Å². The molecular weight excluding hydrogens is 338 g/mol. The standard InChI is InChI=1S/C27H29N/c1-27(17-16-20-9-3-2-4-10-20)24-12-6-5-11-22(24)23-19-21(14-15-25(23)27)26-13-7-8-18-28-26/h5-8,11-15,18-20H,2-4,9-10,16-17H2,1H3. The molecule has 142 valence electrons. The minimum absolute atomic E-state index is 0.131. The van der Waals surface area contributed by atoms with E-state index in [9.17, 15) is 0 Å². The quantitative estimate of drug-likeness (QED) is 0.468. The fourth-order valence-electron chi connectivity index (χ4n) is 5.52. The molecule has 1 heteroatoms. The Morgan fingerprint density at radius 3 is 2.46 bits per heavy atom. The van der Waals surface area contributed by atoms with Gasteiger partial charge in [0.25, 0.3) is 0 Å². The minimum atomic E-state index is 0.131. The van der Waals surface area contributed by atoms with Gasteiger partial charge in [-0.25, -0.2) is 0 Å². The van der Waals surface area contributed by atoms with Crippen LogP contribution in [0.4, 0.5) is 0 Å². The molecule has 1 unspecified atom stereocenters. The highest BCUT2D eigenvalue weighted by molar-refractivity contribution is 5.84. The molecule has 1 heterocycles. The zero-order valence-electron chi connectivity index (χ0n) is 16.8. The SMILES string of the molecule is CC1(CCC2CCCCC2)c2ccccc2-c2cc(-c3ccccn3)ccc21. The van der Waals surface area contributed by atoms with Crippen LogP contribution in [0, 0.1) is 5.92 Å². The number of benzene rings is 2. The summed E-state index contributed by atoms with van der Waals surface area (Å²) in [4.78, 5) is 4.56. The second kappa shape index (κ2) is 7.20. The first kappa shape index (κ1) is 17.7. The van der Waals surface area contributed by atoms with E-state index in [1.54, 1.807) is 0 Å². The first-order chi connectivity index (χ1) is 13.8. The van der Waals surface area contributed by atoms with E-state index < -0.39 is 0 Å². The average molecular weight is 368 g/mol. The van der Waals surface area contributed by atoms with Crippen molar-refractivity contribution < 1.29 is 0 Å². The molecule has 1 fully saturated rings. The van der Waals surface area contributed by atoms with Crippen LogP contribution in [-0.2, 0) is 5.41 Å². The molecule has 28 heavy (non-hydrogen) atoms. The molecule has 0 spiro atoms. The molecule has 1 saturated carbocycles. The third kappa shape index (κ3) is 2.98. The molecule has 0 N–H and O–H groups in total. The number of fused-ring (bicyclic) bond motifs is 3. The normalized spacial score (nSPS) is 21.3. The topological polar surface area (TPSA) is 12.9 Å². The first-order valence-electron chi connectivity index (χ1n) is 10.9. The van der Waals surface area contributed by atoms with E-state index >= 15 is 0 Å². The van der Waals surface area contributed by atoms with Crippen molar-refractivity contribution in [3.63, 3.8) is 0 Å². The lowest BCUT2D eigenvalue weighted by Crippen LogP contribution is -2.22. The predicted molar refractivity (Wildman–Crippen MR) is 117 cm³/mol. The molecular formula is C27H29N. The van der Waals surface area contributed by atoms with E-state index in [4.69, 9.17) is 0 Å². The Morgan fingerprint density at radius 1 is 0.857 bits per heavy atom. The van der Waals surface area contributed by atoms with Crippen molar-refractivity contribution in [2.75, 3.05) is 0 Å². The van der Waals surface area contributed by atoms with Gasteiger partial charge in [0.15, 0.2) is 0 Å². The highest BCUT2D eigenvalue weighted by atomic mass is 14.7. The van der Waals surface area contributed by atoms with Gasteiger partial charge in [-0.2, -0.15) is 0 Å². The molecule has 2 aromatic carbocycles. The molecule has 2 aliphatic carbocycles. The molecule has 0 saturated heterocycles. The molecule has 2 aliphatic rings. The summed E-state index contributed by atoms with van der Waals surface area (Å²) in [6, 6.07) is 22.2. The summed E-state index contributed by atoms with van der Waals surface area (Å²) < 4.78 is 0. The highest BCUT2D eigenvalue weighted by Gasteiger charge is 2.39. The fraction of sp³-hybridized carbons (Fsp3) is 0.370. The Labute approximate surface area is 168 Å². The monoisotopic (exact) mass is 367 g/mol. The summed E-state index contributed by atoms with van der Waals surface area (Å²) in [5.74, 6) is 0.926. The number of rotatable bonds is 4. The number of pyridine rings is 1. The van der Waals surface area contributed by atoms with E-state index in [1.807, 2.05) is 12.3 Å². The van der Waals surface area contributed by atoms with Gasteiger partial charge in [-0.05, 0) is 59.2 Å². The molecule has 0 amide bonds. The Hall–Kier alpha value is -2.41. The molecule has 1 nitrogen and oxygen atoms in total. The van der Waals surface area contributed by atoms with Gasteiger partial charge in [0.05, 0.1) is 5.69 Å². The van der Waals surface area contributed by atoms with Gasteiger partial charge in [-0.15, -0.1) is 0 Å². The van der Waals surface area contributed by atoms with E-state index in [2.05, 4.69) is 66.5 Å². The lowest BCUT2D eigenvalue weighted by molar-refractivity contribution is 0.311. The maximum atomic E-state index is 4.56. The van der Waals surface area contributed by atoms with Crippen molar-refractivity contribution >= 4 is 0 Å². The molecule has 0 bridgehead atoms. The van der Waals surface area contributed by atoms with Crippen molar-refractivity contribution in [1.82, 2.24) is 4.98 Å². The molecule has 3 aromatic rings. The third-order valence-corrected chi connectivity index (χ3v) is 7.16. The van der Waals surface area contributed by atoms with Crippen LogP contribution >= 0.6 is 0 Å². The van der Waals surface area contributed by atoms with Crippen LogP contribution in [0.1, 0.15) is 63.0 Å². The van der Waals surface area contributed by atoms with E-state index in [0.29, 0.717) is 0 Å². The third-order valence-electron chi connectivity index (χ3n) is 7.16. The van der Waals surface area contributed by atoms with Crippen LogP contribution in [0.2, 0.25) is 0 Å².